The van der Waals surface area contributed by atoms with Crippen LogP contribution in [0.4, 0.5) is 0 Å². The monoisotopic (exact) mass is 246 g/mol. The van der Waals surface area contributed by atoms with Crippen LogP contribution >= 0.6 is 0 Å². The Morgan fingerprint density at radius 2 is 1.59 bits per heavy atom. The van der Waals surface area contributed by atoms with Gasteiger partial charge in [-0.25, -0.2) is 0 Å². The lowest BCUT2D eigenvalue weighted by atomic mass is 10.3. The number of amides is 1. The highest BCUT2D eigenvalue weighted by Crippen LogP contribution is 1.98. The number of hydrogen-bond acceptors (Lipinski definition) is 4. The summed E-state index contributed by atoms with van der Waals surface area (Å²) in [5.41, 5.74) is 0. The summed E-state index contributed by atoms with van der Waals surface area (Å²) in [5.74, 6) is -2.38. The molecule has 1 amide bonds. The van der Waals surface area contributed by atoms with Crippen LogP contribution in [0.15, 0.2) is 0 Å². The molecule has 0 aromatic rings. The van der Waals surface area contributed by atoms with Crippen LogP contribution in [0.25, 0.3) is 0 Å². The zero-order valence-electron chi connectivity index (χ0n) is 10.0. The minimum Gasteiger partial charge on any atom is -0.481 e. The van der Waals surface area contributed by atoms with E-state index in [4.69, 9.17) is 10.2 Å². The molecule has 2 N–H and O–H groups in total. The molecular formula is C10H18N2O5. The van der Waals surface area contributed by atoms with Crippen molar-refractivity contribution in [2.45, 2.75) is 12.8 Å². The van der Waals surface area contributed by atoms with Gasteiger partial charge in [-0.05, 0) is 20.5 Å². The quantitative estimate of drug-likeness (QED) is 0.589. The summed E-state index contributed by atoms with van der Waals surface area (Å²) in [6.45, 7) is -0.141. The molecule has 0 aliphatic rings. The highest BCUT2D eigenvalue weighted by Gasteiger charge is 2.17. The molecule has 0 bridgehead atoms. The van der Waals surface area contributed by atoms with Crippen molar-refractivity contribution in [2.24, 2.45) is 0 Å². The maximum Gasteiger partial charge on any atom is 0.323 e. The molecule has 98 valence electrons. The Bertz CT molecular complexity index is 290. The smallest absolute Gasteiger partial charge is 0.323 e. The molecule has 0 saturated carbocycles. The molecule has 0 aromatic carbocycles. The average molecular weight is 246 g/mol. The molecule has 0 unspecified atom stereocenters. The minimum absolute atomic E-state index is 0.0780. The van der Waals surface area contributed by atoms with E-state index in [0.29, 0.717) is 0 Å². The lowest BCUT2D eigenvalue weighted by molar-refractivity contribution is -0.145. The summed E-state index contributed by atoms with van der Waals surface area (Å²) in [6.07, 6.45) is 0.174. The second-order valence-corrected chi connectivity index (χ2v) is 3.94. The summed E-state index contributed by atoms with van der Waals surface area (Å²) in [7, 11) is 3.40. The molecule has 0 rings (SSSR count). The molecular weight excluding hydrogens is 228 g/mol. The van der Waals surface area contributed by atoms with Crippen molar-refractivity contribution in [3.8, 4) is 0 Å². The molecule has 17 heavy (non-hydrogen) atoms. The van der Waals surface area contributed by atoms with Gasteiger partial charge in [0, 0.05) is 13.0 Å². The lowest BCUT2D eigenvalue weighted by Gasteiger charge is -2.22. The van der Waals surface area contributed by atoms with Gasteiger partial charge < -0.3 is 20.0 Å². The van der Waals surface area contributed by atoms with Crippen molar-refractivity contribution in [3.05, 3.63) is 0 Å². The van der Waals surface area contributed by atoms with E-state index in [9.17, 15) is 14.4 Å². The van der Waals surface area contributed by atoms with Gasteiger partial charge in [-0.3, -0.25) is 14.4 Å². The molecule has 0 aliphatic heterocycles. The van der Waals surface area contributed by atoms with E-state index < -0.39 is 18.5 Å². The van der Waals surface area contributed by atoms with Gasteiger partial charge in [0.25, 0.3) is 0 Å². The molecule has 0 fully saturated rings. The van der Waals surface area contributed by atoms with Crippen LogP contribution in [-0.2, 0) is 14.4 Å². The van der Waals surface area contributed by atoms with E-state index in [1.165, 1.54) is 0 Å². The Balaban J connectivity index is 4.26. The third-order valence-electron chi connectivity index (χ3n) is 1.95. The van der Waals surface area contributed by atoms with Crippen molar-refractivity contribution in [3.63, 3.8) is 0 Å². The summed E-state index contributed by atoms with van der Waals surface area (Å²) >= 11 is 0. The largest absolute Gasteiger partial charge is 0.481 e. The molecule has 0 atom stereocenters. The molecule has 0 saturated heterocycles. The van der Waals surface area contributed by atoms with E-state index in [1.54, 1.807) is 19.0 Å². The molecule has 0 aliphatic carbocycles. The third kappa shape index (κ3) is 8.21. The third-order valence-corrected chi connectivity index (χ3v) is 1.95. The first-order chi connectivity index (χ1) is 7.82. The fourth-order valence-corrected chi connectivity index (χ4v) is 1.25. The van der Waals surface area contributed by atoms with Gasteiger partial charge in [0.05, 0.1) is 6.54 Å². The number of carbonyl (C=O) groups excluding carboxylic acids is 1. The van der Waals surface area contributed by atoms with Gasteiger partial charge >= 0.3 is 11.9 Å². The first-order valence-electron chi connectivity index (χ1n) is 5.19. The molecule has 0 radical (unpaired) electrons. The van der Waals surface area contributed by atoms with Gasteiger partial charge in [0.15, 0.2) is 0 Å². The Kier molecular flexibility index (Phi) is 6.88. The first-order valence-corrected chi connectivity index (χ1v) is 5.19. The number of carbonyl (C=O) groups is 3. The number of carboxylic acid groups (broad SMARTS) is 2. The van der Waals surface area contributed by atoms with Crippen LogP contribution in [-0.4, -0.2) is 71.6 Å². The summed E-state index contributed by atoms with van der Waals surface area (Å²) in [6, 6.07) is 0. The zero-order valence-corrected chi connectivity index (χ0v) is 10.0. The molecule has 7 heteroatoms. The SMILES string of the molecule is CN(C)CC(=O)N(CCCC(=O)O)CC(=O)O. The molecule has 0 spiro atoms. The van der Waals surface area contributed by atoms with Crippen molar-refractivity contribution in [1.82, 2.24) is 9.80 Å². The summed E-state index contributed by atoms with van der Waals surface area (Å²) < 4.78 is 0. The van der Waals surface area contributed by atoms with E-state index in [0.717, 1.165) is 4.90 Å². The van der Waals surface area contributed by atoms with Crippen molar-refractivity contribution in [1.29, 1.82) is 0 Å². The normalized spacial score (nSPS) is 10.3. The minimum atomic E-state index is -1.10. The van der Waals surface area contributed by atoms with E-state index in [1.807, 2.05) is 0 Å². The van der Waals surface area contributed by atoms with Crippen LogP contribution in [0.1, 0.15) is 12.8 Å². The Labute approximate surface area is 99.6 Å². The van der Waals surface area contributed by atoms with E-state index in [-0.39, 0.29) is 31.8 Å². The van der Waals surface area contributed by atoms with Crippen LogP contribution in [0.5, 0.6) is 0 Å². The number of nitrogens with zero attached hydrogens (tertiary/aromatic N) is 2. The number of likely N-dealkylation sites (N-methyl/N-ethyl adjacent to an activating group) is 1. The van der Waals surface area contributed by atoms with Gasteiger partial charge in [-0.1, -0.05) is 0 Å². The highest BCUT2D eigenvalue weighted by atomic mass is 16.4. The fourth-order valence-electron chi connectivity index (χ4n) is 1.25. The van der Waals surface area contributed by atoms with Gasteiger partial charge in [-0.2, -0.15) is 0 Å². The van der Waals surface area contributed by atoms with Crippen molar-refractivity contribution >= 4 is 17.8 Å². The predicted molar refractivity (Wildman–Crippen MR) is 59.6 cm³/mol. The number of rotatable bonds is 8. The standard InChI is InChI=1S/C10H18N2O5/c1-11(2)6-8(13)12(7-10(16)17)5-3-4-9(14)15/h3-7H2,1-2H3,(H,14,15)(H,16,17). The predicted octanol–water partition coefficient (Wildman–Crippen LogP) is -0.674. The number of carboxylic acids is 2. The second kappa shape index (κ2) is 7.61. The van der Waals surface area contributed by atoms with Crippen LogP contribution in [0, 0.1) is 0 Å². The molecule has 0 aromatic heterocycles. The number of hydrogen-bond donors (Lipinski definition) is 2. The average Bonchev–Trinajstić information content (AvgIpc) is 2.13. The topological polar surface area (TPSA) is 98.2 Å². The Morgan fingerprint density at radius 1 is 1.00 bits per heavy atom. The second-order valence-electron chi connectivity index (χ2n) is 3.94. The fraction of sp³-hybridized carbons (Fsp3) is 0.700. The van der Waals surface area contributed by atoms with Crippen LogP contribution in [0.3, 0.4) is 0 Å². The maximum absolute atomic E-state index is 11.6. The first kappa shape index (κ1) is 15.4. The highest BCUT2D eigenvalue weighted by molar-refractivity contribution is 5.82. The van der Waals surface area contributed by atoms with Gasteiger partial charge in [0.2, 0.25) is 5.91 Å². The zero-order chi connectivity index (χ0) is 13.4. The maximum atomic E-state index is 11.6. The summed E-state index contributed by atoms with van der Waals surface area (Å²) in [5, 5.41) is 17.1. The Morgan fingerprint density at radius 3 is 2.00 bits per heavy atom. The number of aliphatic carboxylic acids is 2. The van der Waals surface area contributed by atoms with Crippen molar-refractivity contribution < 1.29 is 24.6 Å². The van der Waals surface area contributed by atoms with E-state index >= 15 is 0 Å². The summed E-state index contributed by atoms with van der Waals surface area (Å²) in [4.78, 5) is 35.3. The van der Waals surface area contributed by atoms with E-state index in [2.05, 4.69) is 0 Å². The molecule has 7 nitrogen and oxygen atoms in total. The van der Waals surface area contributed by atoms with Crippen LogP contribution in [0.2, 0.25) is 0 Å². The lowest BCUT2D eigenvalue weighted by Crippen LogP contribution is -2.41. The van der Waals surface area contributed by atoms with Gasteiger partial charge in [-0.15, -0.1) is 0 Å². The van der Waals surface area contributed by atoms with Gasteiger partial charge in [0.1, 0.15) is 6.54 Å². The molecule has 0 heterocycles. The Hall–Kier alpha value is -1.63. The van der Waals surface area contributed by atoms with Crippen molar-refractivity contribution in [2.75, 3.05) is 33.7 Å². The van der Waals surface area contributed by atoms with Crippen LogP contribution < -0.4 is 0 Å².